The molecule has 1 aromatic heterocycles. The second-order valence-corrected chi connectivity index (χ2v) is 7.71. The zero-order valence-electron chi connectivity index (χ0n) is 13.3. The number of aromatic nitrogens is 2. The van der Waals surface area contributed by atoms with Crippen molar-refractivity contribution in [1.29, 1.82) is 0 Å². The molecule has 0 atom stereocenters. The van der Waals surface area contributed by atoms with Crippen LogP contribution in [0.3, 0.4) is 0 Å². The molecule has 1 aromatic carbocycles. The number of ether oxygens (including phenoxy) is 2. The van der Waals surface area contributed by atoms with E-state index < -0.39 is 0 Å². The molecule has 0 radical (unpaired) electrons. The minimum Gasteiger partial charge on any atom is -0.493 e. The Labute approximate surface area is 139 Å². The van der Waals surface area contributed by atoms with Gasteiger partial charge in [-0.25, -0.2) is 0 Å². The topological polar surface area (TPSA) is 56.3 Å². The van der Waals surface area contributed by atoms with Crippen LogP contribution in [-0.2, 0) is 6.42 Å². The van der Waals surface area contributed by atoms with Crippen molar-refractivity contribution in [1.82, 2.24) is 10.2 Å². The number of nitrogens with zero attached hydrogens (tertiary/aromatic N) is 2. The molecule has 0 bridgehead atoms. The summed E-state index contributed by atoms with van der Waals surface area (Å²) in [5.74, 6) is 1.50. The Kier molecular flexibility index (Phi) is 6.33. The first-order valence-corrected chi connectivity index (χ1v) is 8.77. The van der Waals surface area contributed by atoms with Crippen LogP contribution >= 0.6 is 23.1 Å². The zero-order chi connectivity index (χ0) is 15.9. The lowest BCUT2D eigenvalue weighted by molar-refractivity contribution is 0.354. The Bertz CT molecular complexity index is 602. The van der Waals surface area contributed by atoms with Crippen molar-refractivity contribution in [2.24, 2.45) is 0 Å². The van der Waals surface area contributed by atoms with Gasteiger partial charge in [0.05, 0.1) is 14.2 Å². The SMILES string of the molecule is COc1ccc(CCNc2nnc(SC(C)C)s2)cc1OC. The highest BCUT2D eigenvalue weighted by atomic mass is 32.2. The molecule has 0 unspecified atom stereocenters. The van der Waals surface area contributed by atoms with E-state index in [1.807, 2.05) is 18.2 Å². The third kappa shape index (κ3) is 4.78. The van der Waals surface area contributed by atoms with E-state index in [1.165, 1.54) is 5.56 Å². The van der Waals surface area contributed by atoms with Gasteiger partial charge in [-0.1, -0.05) is 43.0 Å². The third-order valence-corrected chi connectivity index (χ3v) is 4.85. The maximum Gasteiger partial charge on any atom is 0.206 e. The highest BCUT2D eigenvalue weighted by molar-refractivity contribution is 8.01. The molecular formula is C15H21N3O2S2. The Morgan fingerprint density at radius 2 is 1.95 bits per heavy atom. The van der Waals surface area contributed by atoms with Crippen LogP contribution in [0.2, 0.25) is 0 Å². The van der Waals surface area contributed by atoms with Crippen LogP contribution in [0.5, 0.6) is 11.5 Å². The second kappa shape index (κ2) is 8.24. The highest BCUT2D eigenvalue weighted by Crippen LogP contribution is 2.29. The van der Waals surface area contributed by atoms with E-state index in [0.717, 1.165) is 33.9 Å². The number of hydrogen-bond donors (Lipinski definition) is 1. The molecule has 22 heavy (non-hydrogen) atoms. The summed E-state index contributed by atoms with van der Waals surface area (Å²) < 4.78 is 11.6. The van der Waals surface area contributed by atoms with Crippen molar-refractivity contribution >= 4 is 28.2 Å². The summed E-state index contributed by atoms with van der Waals surface area (Å²) in [4.78, 5) is 0. The summed E-state index contributed by atoms with van der Waals surface area (Å²) in [6.07, 6.45) is 0.882. The summed E-state index contributed by atoms with van der Waals surface area (Å²) >= 11 is 3.33. The van der Waals surface area contributed by atoms with Gasteiger partial charge in [0.2, 0.25) is 5.13 Å². The van der Waals surface area contributed by atoms with Gasteiger partial charge in [-0.05, 0) is 24.1 Å². The Morgan fingerprint density at radius 3 is 2.64 bits per heavy atom. The lowest BCUT2D eigenvalue weighted by atomic mass is 10.1. The van der Waals surface area contributed by atoms with Crippen LogP contribution in [0.1, 0.15) is 19.4 Å². The van der Waals surface area contributed by atoms with Gasteiger partial charge in [-0.3, -0.25) is 0 Å². The average molecular weight is 339 g/mol. The van der Waals surface area contributed by atoms with E-state index in [9.17, 15) is 0 Å². The fourth-order valence-corrected chi connectivity index (χ4v) is 3.88. The number of anilines is 1. The van der Waals surface area contributed by atoms with Gasteiger partial charge in [0.1, 0.15) is 0 Å². The van der Waals surface area contributed by atoms with Crippen LogP contribution < -0.4 is 14.8 Å². The van der Waals surface area contributed by atoms with E-state index in [0.29, 0.717) is 5.25 Å². The molecule has 1 heterocycles. The van der Waals surface area contributed by atoms with E-state index in [-0.39, 0.29) is 0 Å². The molecule has 0 amide bonds. The lowest BCUT2D eigenvalue weighted by Crippen LogP contribution is -2.04. The molecule has 1 N–H and O–H groups in total. The van der Waals surface area contributed by atoms with Gasteiger partial charge >= 0.3 is 0 Å². The monoisotopic (exact) mass is 339 g/mol. The Morgan fingerprint density at radius 1 is 1.18 bits per heavy atom. The Hall–Kier alpha value is -1.47. The van der Waals surface area contributed by atoms with Crippen molar-refractivity contribution in [3.63, 3.8) is 0 Å². The van der Waals surface area contributed by atoms with Crippen LogP contribution in [0.15, 0.2) is 22.5 Å². The number of hydrogen-bond acceptors (Lipinski definition) is 7. The quantitative estimate of drug-likeness (QED) is 0.740. The van der Waals surface area contributed by atoms with E-state index in [4.69, 9.17) is 9.47 Å². The standard InChI is InChI=1S/C15H21N3O2S2/c1-10(2)21-15-18-17-14(22-15)16-8-7-11-5-6-12(19-3)13(9-11)20-4/h5-6,9-10H,7-8H2,1-4H3,(H,16,17). The molecule has 0 fully saturated rings. The summed E-state index contributed by atoms with van der Waals surface area (Å²) in [7, 11) is 3.29. The van der Waals surface area contributed by atoms with Crippen LogP contribution in [0.25, 0.3) is 0 Å². The maximum absolute atomic E-state index is 5.31. The predicted molar refractivity (Wildman–Crippen MR) is 92.6 cm³/mol. The molecule has 0 aliphatic heterocycles. The highest BCUT2D eigenvalue weighted by Gasteiger charge is 2.07. The molecule has 0 aliphatic rings. The van der Waals surface area contributed by atoms with Crippen LogP contribution in [-0.4, -0.2) is 36.2 Å². The zero-order valence-corrected chi connectivity index (χ0v) is 14.9. The van der Waals surface area contributed by atoms with E-state index in [2.05, 4.69) is 29.4 Å². The molecule has 0 spiro atoms. The van der Waals surface area contributed by atoms with Gasteiger partial charge in [0, 0.05) is 11.8 Å². The molecule has 2 rings (SSSR count). The first kappa shape index (κ1) is 16.9. The van der Waals surface area contributed by atoms with E-state index in [1.54, 1.807) is 37.3 Å². The van der Waals surface area contributed by atoms with Crippen molar-refractivity contribution in [3.05, 3.63) is 23.8 Å². The normalized spacial score (nSPS) is 10.8. The van der Waals surface area contributed by atoms with Crippen molar-refractivity contribution in [2.45, 2.75) is 29.9 Å². The fraction of sp³-hybridized carbons (Fsp3) is 0.467. The molecule has 0 saturated heterocycles. The summed E-state index contributed by atoms with van der Waals surface area (Å²) in [5, 5.41) is 13.0. The molecule has 5 nitrogen and oxygen atoms in total. The number of methoxy groups -OCH3 is 2. The summed E-state index contributed by atoms with van der Waals surface area (Å²) in [5.41, 5.74) is 1.19. The van der Waals surface area contributed by atoms with E-state index >= 15 is 0 Å². The number of rotatable bonds is 8. The average Bonchev–Trinajstić information content (AvgIpc) is 2.93. The van der Waals surface area contributed by atoms with Gasteiger partial charge in [-0.2, -0.15) is 0 Å². The first-order valence-electron chi connectivity index (χ1n) is 7.07. The molecule has 0 aliphatic carbocycles. The minimum atomic E-state index is 0.521. The fourth-order valence-electron chi connectivity index (χ4n) is 1.88. The second-order valence-electron chi connectivity index (χ2n) is 4.91. The smallest absolute Gasteiger partial charge is 0.206 e. The first-order chi connectivity index (χ1) is 10.6. The largest absolute Gasteiger partial charge is 0.493 e. The third-order valence-electron chi connectivity index (χ3n) is 2.88. The molecule has 0 saturated carbocycles. The molecule has 7 heteroatoms. The van der Waals surface area contributed by atoms with Crippen molar-refractivity contribution in [2.75, 3.05) is 26.1 Å². The van der Waals surface area contributed by atoms with Gasteiger partial charge in [0.15, 0.2) is 15.8 Å². The van der Waals surface area contributed by atoms with Gasteiger partial charge in [0.25, 0.3) is 0 Å². The number of nitrogens with one attached hydrogen (secondary N) is 1. The van der Waals surface area contributed by atoms with Crippen LogP contribution in [0, 0.1) is 0 Å². The van der Waals surface area contributed by atoms with Crippen molar-refractivity contribution in [3.8, 4) is 11.5 Å². The number of benzene rings is 1. The minimum absolute atomic E-state index is 0.521. The maximum atomic E-state index is 5.31. The van der Waals surface area contributed by atoms with Crippen molar-refractivity contribution < 1.29 is 9.47 Å². The summed E-state index contributed by atoms with van der Waals surface area (Å²) in [6, 6.07) is 5.97. The lowest BCUT2D eigenvalue weighted by Gasteiger charge is -2.09. The molecule has 120 valence electrons. The number of thioether (sulfide) groups is 1. The molecule has 2 aromatic rings. The van der Waals surface area contributed by atoms with Crippen LogP contribution in [0.4, 0.5) is 5.13 Å². The predicted octanol–water partition coefficient (Wildman–Crippen LogP) is 3.71. The van der Waals surface area contributed by atoms with Gasteiger partial charge < -0.3 is 14.8 Å². The molecular weight excluding hydrogens is 318 g/mol. The Balaban J connectivity index is 1.87. The van der Waals surface area contributed by atoms with Gasteiger partial charge in [-0.15, -0.1) is 10.2 Å². The summed E-state index contributed by atoms with van der Waals surface area (Å²) in [6.45, 7) is 5.10.